The Bertz CT molecular complexity index is 523. The highest BCUT2D eigenvalue weighted by molar-refractivity contribution is 6.30. The number of benzene rings is 2. The number of terminal acetylenes is 1. The summed E-state index contributed by atoms with van der Waals surface area (Å²) in [6, 6.07) is 14.6. The molecule has 0 fully saturated rings. The molecular weight excluding hydrogens is 220 g/mol. The zero-order chi connectivity index (χ0) is 11.4. The highest BCUT2D eigenvalue weighted by Gasteiger charge is 1.97. The molecule has 0 unspecified atom stereocenters. The third-order valence-corrected chi connectivity index (χ3v) is 2.29. The Balaban J connectivity index is 2.18. The van der Waals surface area contributed by atoms with Crippen LogP contribution in [-0.4, -0.2) is 0 Å². The van der Waals surface area contributed by atoms with E-state index < -0.39 is 0 Å². The van der Waals surface area contributed by atoms with Crippen LogP contribution in [0.25, 0.3) is 0 Å². The summed E-state index contributed by atoms with van der Waals surface area (Å²) in [4.78, 5) is 0. The van der Waals surface area contributed by atoms with Crippen LogP contribution in [0.1, 0.15) is 5.56 Å². The van der Waals surface area contributed by atoms with Crippen molar-refractivity contribution in [2.75, 3.05) is 0 Å². The molecule has 0 aliphatic carbocycles. The minimum atomic E-state index is 0.651. The first-order chi connectivity index (χ1) is 7.78. The summed E-state index contributed by atoms with van der Waals surface area (Å²) in [7, 11) is 0. The molecule has 2 heteroatoms. The maximum absolute atomic E-state index is 5.85. The molecule has 0 bridgehead atoms. The first-order valence-corrected chi connectivity index (χ1v) is 5.16. The Labute approximate surface area is 99.6 Å². The van der Waals surface area contributed by atoms with Gasteiger partial charge in [-0.05, 0) is 42.5 Å². The number of halogens is 1. The largest absolute Gasteiger partial charge is 0.457 e. The summed E-state index contributed by atoms with van der Waals surface area (Å²) in [5.74, 6) is 4.00. The van der Waals surface area contributed by atoms with Gasteiger partial charge < -0.3 is 4.74 Å². The first-order valence-electron chi connectivity index (χ1n) is 4.78. The van der Waals surface area contributed by atoms with Crippen molar-refractivity contribution >= 4 is 11.6 Å². The molecule has 2 rings (SSSR count). The molecule has 0 aromatic heterocycles. The Morgan fingerprint density at radius 3 is 2.38 bits per heavy atom. The van der Waals surface area contributed by atoms with Crippen LogP contribution < -0.4 is 4.74 Å². The lowest BCUT2D eigenvalue weighted by molar-refractivity contribution is 0.482. The third-order valence-electron chi connectivity index (χ3n) is 2.05. The molecule has 16 heavy (non-hydrogen) atoms. The van der Waals surface area contributed by atoms with Crippen LogP contribution in [0.4, 0.5) is 0 Å². The monoisotopic (exact) mass is 228 g/mol. The zero-order valence-corrected chi connectivity index (χ0v) is 9.24. The quantitative estimate of drug-likeness (QED) is 0.703. The minimum absolute atomic E-state index is 0.651. The average Bonchev–Trinajstić information content (AvgIpc) is 2.30. The van der Waals surface area contributed by atoms with Gasteiger partial charge in [-0.3, -0.25) is 0 Å². The normalized spacial score (nSPS) is 9.50. The van der Waals surface area contributed by atoms with Crippen molar-refractivity contribution in [2.45, 2.75) is 0 Å². The summed E-state index contributed by atoms with van der Waals surface area (Å²) in [6.07, 6.45) is 5.26. The summed E-state index contributed by atoms with van der Waals surface area (Å²) >= 11 is 5.85. The fourth-order valence-electron chi connectivity index (χ4n) is 1.29. The van der Waals surface area contributed by atoms with Crippen LogP contribution in [0.15, 0.2) is 48.5 Å². The summed E-state index contributed by atoms with van der Waals surface area (Å²) in [6.45, 7) is 0. The van der Waals surface area contributed by atoms with Crippen molar-refractivity contribution in [2.24, 2.45) is 0 Å². The van der Waals surface area contributed by atoms with E-state index in [1.807, 2.05) is 36.4 Å². The van der Waals surface area contributed by atoms with E-state index in [2.05, 4.69) is 5.92 Å². The molecule has 0 aliphatic heterocycles. The molecule has 0 atom stereocenters. The molecule has 78 valence electrons. The Kier molecular flexibility index (Phi) is 3.14. The van der Waals surface area contributed by atoms with E-state index >= 15 is 0 Å². The van der Waals surface area contributed by atoms with Gasteiger partial charge in [-0.2, -0.15) is 0 Å². The van der Waals surface area contributed by atoms with Gasteiger partial charge in [-0.25, -0.2) is 0 Å². The summed E-state index contributed by atoms with van der Waals surface area (Å²) < 4.78 is 5.61. The van der Waals surface area contributed by atoms with Gasteiger partial charge >= 0.3 is 0 Å². The number of rotatable bonds is 2. The lowest BCUT2D eigenvalue weighted by Crippen LogP contribution is -1.83. The van der Waals surface area contributed by atoms with Crippen LogP contribution in [0, 0.1) is 12.3 Å². The number of hydrogen-bond donors (Lipinski definition) is 0. The van der Waals surface area contributed by atoms with Crippen LogP contribution in [0.5, 0.6) is 11.5 Å². The van der Waals surface area contributed by atoms with Gasteiger partial charge in [0.05, 0.1) is 0 Å². The number of ether oxygens (including phenoxy) is 1. The summed E-state index contributed by atoms with van der Waals surface area (Å²) in [5, 5.41) is 0.651. The van der Waals surface area contributed by atoms with Gasteiger partial charge in [0.2, 0.25) is 0 Å². The second-order valence-electron chi connectivity index (χ2n) is 3.23. The van der Waals surface area contributed by atoms with Crippen molar-refractivity contribution < 1.29 is 4.74 Å². The molecule has 2 aromatic carbocycles. The van der Waals surface area contributed by atoms with E-state index in [1.165, 1.54) is 0 Å². The van der Waals surface area contributed by atoms with Crippen molar-refractivity contribution in [3.05, 3.63) is 59.1 Å². The lowest BCUT2D eigenvalue weighted by atomic mass is 10.2. The molecule has 2 aromatic rings. The van der Waals surface area contributed by atoms with Gasteiger partial charge in [0.25, 0.3) is 0 Å². The Morgan fingerprint density at radius 2 is 1.75 bits per heavy atom. The Morgan fingerprint density at radius 1 is 1.00 bits per heavy atom. The fourth-order valence-corrected chi connectivity index (χ4v) is 1.47. The van der Waals surface area contributed by atoms with Crippen molar-refractivity contribution in [1.29, 1.82) is 0 Å². The van der Waals surface area contributed by atoms with E-state index in [0.29, 0.717) is 10.8 Å². The van der Waals surface area contributed by atoms with Gasteiger partial charge in [-0.15, -0.1) is 6.42 Å². The fraction of sp³-hybridized carbons (Fsp3) is 0. The van der Waals surface area contributed by atoms with E-state index in [0.717, 1.165) is 11.3 Å². The summed E-state index contributed by atoms with van der Waals surface area (Å²) in [5.41, 5.74) is 0.832. The van der Waals surface area contributed by atoms with Crippen LogP contribution in [0.2, 0.25) is 5.02 Å². The molecule has 0 radical (unpaired) electrons. The molecule has 0 amide bonds. The van der Waals surface area contributed by atoms with Crippen LogP contribution in [-0.2, 0) is 0 Å². The third kappa shape index (κ3) is 2.56. The molecule has 0 aliphatic rings. The second-order valence-corrected chi connectivity index (χ2v) is 3.66. The van der Waals surface area contributed by atoms with Crippen LogP contribution in [0.3, 0.4) is 0 Å². The lowest BCUT2D eigenvalue weighted by Gasteiger charge is -2.05. The predicted octanol–water partition coefficient (Wildman–Crippen LogP) is 4.11. The number of hydrogen-bond acceptors (Lipinski definition) is 1. The molecule has 0 heterocycles. The van der Waals surface area contributed by atoms with Crippen molar-refractivity contribution in [3.8, 4) is 23.8 Å². The maximum Gasteiger partial charge on any atom is 0.128 e. The van der Waals surface area contributed by atoms with E-state index in [-0.39, 0.29) is 0 Å². The molecule has 1 nitrogen and oxygen atoms in total. The minimum Gasteiger partial charge on any atom is -0.457 e. The molecular formula is C14H9ClO. The first kappa shape index (κ1) is 10.6. The van der Waals surface area contributed by atoms with Crippen molar-refractivity contribution in [3.63, 3.8) is 0 Å². The highest BCUT2D eigenvalue weighted by atomic mass is 35.5. The molecule has 0 saturated carbocycles. The average molecular weight is 229 g/mol. The molecule has 0 N–H and O–H groups in total. The highest BCUT2D eigenvalue weighted by Crippen LogP contribution is 2.24. The van der Waals surface area contributed by atoms with Gasteiger partial charge in [-0.1, -0.05) is 23.6 Å². The SMILES string of the molecule is C#Cc1ccc(Oc2cccc(Cl)c2)cc1. The van der Waals surface area contributed by atoms with Gasteiger partial charge in [0.1, 0.15) is 11.5 Å². The second kappa shape index (κ2) is 4.74. The predicted molar refractivity (Wildman–Crippen MR) is 65.9 cm³/mol. The Hall–Kier alpha value is -1.91. The van der Waals surface area contributed by atoms with E-state index in [4.69, 9.17) is 22.8 Å². The standard InChI is InChI=1S/C14H9ClO/c1-2-11-6-8-13(9-7-11)16-14-5-3-4-12(15)10-14/h1,3-10H. The van der Waals surface area contributed by atoms with Gasteiger partial charge in [0, 0.05) is 10.6 Å². The van der Waals surface area contributed by atoms with Crippen molar-refractivity contribution in [1.82, 2.24) is 0 Å². The topological polar surface area (TPSA) is 9.23 Å². The zero-order valence-electron chi connectivity index (χ0n) is 8.48. The molecule has 0 spiro atoms. The van der Waals surface area contributed by atoms with Crippen LogP contribution >= 0.6 is 11.6 Å². The van der Waals surface area contributed by atoms with E-state index in [1.54, 1.807) is 12.1 Å². The molecule has 0 saturated heterocycles. The smallest absolute Gasteiger partial charge is 0.128 e. The maximum atomic E-state index is 5.85. The van der Waals surface area contributed by atoms with E-state index in [9.17, 15) is 0 Å². The van der Waals surface area contributed by atoms with Gasteiger partial charge in [0.15, 0.2) is 0 Å².